The van der Waals surface area contributed by atoms with E-state index in [0.29, 0.717) is 4.90 Å². The van der Waals surface area contributed by atoms with Crippen molar-refractivity contribution in [3.05, 3.63) is 24.3 Å². The van der Waals surface area contributed by atoms with Crippen LogP contribution >= 0.6 is 0 Å². The Morgan fingerprint density at radius 1 is 1.19 bits per heavy atom. The molecule has 0 radical (unpaired) electrons. The minimum absolute atomic E-state index is 0.343. The molecule has 0 unspecified atom stereocenters. The Morgan fingerprint density at radius 2 is 1.90 bits per heavy atom. The quantitative estimate of drug-likeness (QED) is 0.877. The van der Waals surface area contributed by atoms with E-state index in [1.807, 2.05) is 6.07 Å². The maximum atomic E-state index is 12.1. The molecule has 1 fully saturated rings. The second-order valence-corrected chi connectivity index (χ2v) is 8.19. The summed E-state index contributed by atoms with van der Waals surface area (Å²) in [5.74, 6) is 0.833. The van der Waals surface area contributed by atoms with Crippen LogP contribution in [0.2, 0.25) is 0 Å². The summed E-state index contributed by atoms with van der Waals surface area (Å²) < 4.78 is 25.5. The van der Waals surface area contributed by atoms with Crippen LogP contribution in [0.15, 0.2) is 29.2 Å². The summed E-state index contributed by atoms with van der Waals surface area (Å²) in [6.45, 7) is 0.913. The summed E-state index contributed by atoms with van der Waals surface area (Å²) in [6.07, 6.45) is 7.97. The fourth-order valence-corrected chi connectivity index (χ4v) is 3.82. The molecule has 118 valence electrons. The monoisotopic (exact) mass is 310 g/mol. The Hall–Kier alpha value is -1.07. The predicted molar refractivity (Wildman–Crippen MR) is 87.0 cm³/mol. The standard InChI is InChI=1S/C16H26N2O2S/c1-18(2)21(19,20)16-10-6-9-15(13-16)17-12-11-14-7-4-3-5-8-14/h6,9-10,13-14,17H,3-5,7-8,11-12H2,1-2H3. The number of hydrogen-bond donors (Lipinski definition) is 1. The Morgan fingerprint density at radius 3 is 2.57 bits per heavy atom. The summed E-state index contributed by atoms with van der Waals surface area (Å²) in [7, 11) is -0.243. The molecule has 0 aromatic heterocycles. The van der Waals surface area contributed by atoms with Crippen LogP contribution in [0.1, 0.15) is 38.5 Å². The molecule has 0 saturated heterocycles. The third-order valence-electron chi connectivity index (χ3n) is 4.22. The molecule has 1 aromatic rings. The minimum atomic E-state index is -3.35. The maximum Gasteiger partial charge on any atom is 0.242 e. The summed E-state index contributed by atoms with van der Waals surface area (Å²) in [4.78, 5) is 0.343. The van der Waals surface area contributed by atoms with Gasteiger partial charge in [0.1, 0.15) is 0 Å². The van der Waals surface area contributed by atoms with Gasteiger partial charge in [-0.05, 0) is 30.5 Å². The van der Waals surface area contributed by atoms with E-state index in [1.54, 1.807) is 32.3 Å². The number of nitrogens with zero attached hydrogens (tertiary/aromatic N) is 1. The zero-order valence-corrected chi connectivity index (χ0v) is 13.8. The van der Waals surface area contributed by atoms with Crippen LogP contribution < -0.4 is 5.32 Å². The molecule has 5 heteroatoms. The molecule has 2 rings (SSSR count). The van der Waals surface area contributed by atoms with Crippen molar-refractivity contribution in [2.24, 2.45) is 5.92 Å². The molecule has 0 spiro atoms. The van der Waals surface area contributed by atoms with Crippen LogP contribution in [0.25, 0.3) is 0 Å². The molecule has 0 bridgehead atoms. The molecule has 1 saturated carbocycles. The van der Waals surface area contributed by atoms with E-state index in [0.717, 1.165) is 18.2 Å². The van der Waals surface area contributed by atoms with Gasteiger partial charge >= 0.3 is 0 Å². The van der Waals surface area contributed by atoms with Crippen LogP contribution in [0.3, 0.4) is 0 Å². The Bertz CT molecular complexity index is 549. The van der Waals surface area contributed by atoms with E-state index >= 15 is 0 Å². The van der Waals surface area contributed by atoms with Gasteiger partial charge in [-0.2, -0.15) is 0 Å². The maximum absolute atomic E-state index is 12.1. The van der Waals surface area contributed by atoms with Crippen LogP contribution in [-0.4, -0.2) is 33.4 Å². The van der Waals surface area contributed by atoms with Gasteiger partial charge in [-0.3, -0.25) is 0 Å². The second-order valence-electron chi connectivity index (χ2n) is 6.03. The predicted octanol–water partition coefficient (Wildman–Crippen LogP) is 3.32. The first-order valence-electron chi connectivity index (χ1n) is 7.76. The van der Waals surface area contributed by atoms with Gasteiger partial charge in [0.25, 0.3) is 0 Å². The van der Waals surface area contributed by atoms with Gasteiger partial charge in [-0.15, -0.1) is 0 Å². The van der Waals surface area contributed by atoms with Gasteiger partial charge in [0.2, 0.25) is 10.0 Å². The Kier molecular flexibility index (Phi) is 5.65. The van der Waals surface area contributed by atoms with Crippen molar-refractivity contribution in [3.63, 3.8) is 0 Å². The summed E-state index contributed by atoms with van der Waals surface area (Å²) in [5.41, 5.74) is 0.883. The van der Waals surface area contributed by atoms with Crippen LogP contribution in [-0.2, 0) is 10.0 Å². The van der Waals surface area contributed by atoms with Crippen molar-refractivity contribution in [2.75, 3.05) is 26.0 Å². The van der Waals surface area contributed by atoms with E-state index in [4.69, 9.17) is 0 Å². The van der Waals surface area contributed by atoms with Crippen molar-refractivity contribution < 1.29 is 8.42 Å². The lowest BCUT2D eigenvalue weighted by molar-refractivity contribution is 0.345. The lowest BCUT2D eigenvalue weighted by Crippen LogP contribution is -2.22. The van der Waals surface area contributed by atoms with Gasteiger partial charge in [-0.1, -0.05) is 38.2 Å². The van der Waals surface area contributed by atoms with Gasteiger partial charge in [-0.25, -0.2) is 12.7 Å². The third kappa shape index (κ3) is 4.45. The van der Waals surface area contributed by atoms with E-state index in [9.17, 15) is 8.42 Å². The molecule has 0 amide bonds. The SMILES string of the molecule is CN(C)S(=O)(=O)c1cccc(NCCC2CCCCC2)c1. The largest absolute Gasteiger partial charge is 0.385 e. The average Bonchev–Trinajstić information content (AvgIpc) is 2.48. The number of benzene rings is 1. The van der Waals surface area contributed by atoms with Crippen molar-refractivity contribution in [1.82, 2.24) is 4.31 Å². The number of anilines is 1. The molecule has 0 atom stereocenters. The highest BCUT2D eigenvalue weighted by Gasteiger charge is 2.17. The highest BCUT2D eigenvalue weighted by molar-refractivity contribution is 7.89. The van der Waals surface area contributed by atoms with Gasteiger partial charge < -0.3 is 5.32 Å². The summed E-state index contributed by atoms with van der Waals surface area (Å²) in [5, 5.41) is 3.36. The fraction of sp³-hybridized carbons (Fsp3) is 0.625. The van der Waals surface area contributed by atoms with E-state index in [2.05, 4.69) is 5.32 Å². The summed E-state index contributed by atoms with van der Waals surface area (Å²) in [6, 6.07) is 7.08. The summed E-state index contributed by atoms with van der Waals surface area (Å²) >= 11 is 0. The zero-order valence-electron chi connectivity index (χ0n) is 13.0. The fourth-order valence-electron chi connectivity index (χ4n) is 2.87. The van der Waals surface area contributed by atoms with E-state index in [1.165, 1.54) is 42.8 Å². The van der Waals surface area contributed by atoms with Crippen LogP contribution in [0, 0.1) is 5.92 Å². The van der Waals surface area contributed by atoms with Gasteiger partial charge in [0.05, 0.1) is 4.90 Å². The highest BCUT2D eigenvalue weighted by atomic mass is 32.2. The zero-order chi connectivity index (χ0) is 15.3. The molecule has 1 N–H and O–H groups in total. The van der Waals surface area contributed by atoms with Crippen LogP contribution in [0.5, 0.6) is 0 Å². The van der Waals surface area contributed by atoms with Crippen molar-refractivity contribution in [3.8, 4) is 0 Å². The Balaban J connectivity index is 1.92. The smallest absolute Gasteiger partial charge is 0.242 e. The molecule has 1 aromatic carbocycles. The number of hydrogen-bond acceptors (Lipinski definition) is 3. The number of rotatable bonds is 6. The molecule has 1 aliphatic rings. The van der Waals surface area contributed by atoms with Gasteiger partial charge in [0.15, 0.2) is 0 Å². The van der Waals surface area contributed by atoms with Crippen molar-refractivity contribution >= 4 is 15.7 Å². The average molecular weight is 310 g/mol. The highest BCUT2D eigenvalue weighted by Crippen LogP contribution is 2.26. The Labute approximate surface area is 128 Å². The van der Waals surface area contributed by atoms with E-state index < -0.39 is 10.0 Å². The number of sulfonamides is 1. The molecule has 0 heterocycles. The third-order valence-corrected chi connectivity index (χ3v) is 6.03. The molecule has 0 aliphatic heterocycles. The molecular formula is C16H26N2O2S. The number of nitrogens with one attached hydrogen (secondary N) is 1. The molecule has 21 heavy (non-hydrogen) atoms. The topological polar surface area (TPSA) is 49.4 Å². The first kappa shape index (κ1) is 16.3. The lowest BCUT2D eigenvalue weighted by Gasteiger charge is -2.21. The van der Waals surface area contributed by atoms with Crippen LogP contribution in [0.4, 0.5) is 5.69 Å². The van der Waals surface area contributed by atoms with Gasteiger partial charge in [0, 0.05) is 26.3 Å². The lowest BCUT2D eigenvalue weighted by atomic mass is 9.87. The normalized spacial score (nSPS) is 17.1. The molecule has 4 nitrogen and oxygen atoms in total. The first-order valence-corrected chi connectivity index (χ1v) is 9.20. The first-order chi connectivity index (χ1) is 10.00. The minimum Gasteiger partial charge on any atom is -0.385 e. The molecular weight excluding hydrogens is 284 g/mol. The molecule has 1 aliphatic carbocycles. The van der Waals surface area contributed by atoms with Crippen molar-refractivity contribution in [2.45, 2.75) is 43.4 Å². The van der Waals surface area contributed by atoms with Crippen molar-refractivity contribution in [1.29, 1.82) is 0 Å². The van der Waals surface area contributed by atoms with E-state index in [-0.39, 0.29) is 0 Å². The second kappa shape index (κ2) is 7.27.